The van der Waals surface area contributed by atoms with Crippen molar-refractivity contribution in [1.82, 2.24) is 14.7 Å². The maximum absolute atomic E-state index is 13.3. The third-order valence-electron chi connectivity index (χ3n) is 6.81. The Morgan fingerprint density at radius 2 is 2.03 bits per heavy atom. The third kappa shape index (κ3) is 3.93. The fraction of sp³-hybridized carbons (Fsp3) is 0.500. The summed E-state index contributed by atoms with van der Waals surface area (Å²) in [5.41, 5.74) is -0.828. The lowest BCUT2D eigenvalue weighted by molar-refractivity contribution is -0.137. The molecule has 170 valence electrons. The van der Waals surface area contributed by atoms with Gasteiger partial charge in [-0.05, 0) is 42.5 Å². The molecule has 32 heavy (non-hydrogen) atoms. The number of carbonyl (C=O) groups is 1. The Labute approximate surface area is 183 Å². The van der Waals surface area contributed by atoms with Crippen LogP contribution in [-0.2, 0) is 13.2 Å². The van der Waals surface area contributed by atoms with Crippen LogP contribution >= 0.6 is 0 Å². The van der Waals surface area contributed by atoms with Crippen molar-refractivity contribution in [3.8, 4) is 6.07 Å². The second-order valence-corrected chi connectivity index (χ2v) is 8.63. The zero-order valence-corrected chi connectivity index (χ0v) is 17.6. The highest BCUT2D eigenvalue weighted by molar-refractivity contribution is 5.92. The van der Waals surface area contributed by atoms with Crippen LogP contribution in [0.3, 0.4) is 0 Å². The van der Waals surface area contributed by atoms with Gasteiger partial charge in [0.2, 0.25) is 0 Å². The Morgan fingerprint density at radius 1 is 1.31 bits per heavy atom. The van der Waals surface area contributed by atoms with Crippen molar-refractivity contribution in [1.29, 1.82) is 5.26 Å². The number of anilines is 1. The van der Waals surface area contributed by atoms with Gasteiger partial charge >= 0.3 is 6.18 Å². The van der Waals surface area contributed by atoms with Gasteiger partial charge in [-0.2, -0.15) is 23.5 Å². The minimum absolute atomic E-state index is 0.0545. The summed E-state index contributed by atoms with van der Waals surface area (Å²) in [5, 5.41) is 23.2. The van der Waals surface area contributed by atoms with Crippen LogP contribution in [0.2, 0.25) is 0 Å². The number of halogens is 3. The van der Waals surface area contributed by atoms with E-state index in [-0.39, 0.29) is 23.8 Å². The number of nitriles is 1. The van der Waals surface area contributed by atoms with Crippen LogP contribution in [0.5, 0.6) is 0 Å². The summed E-state index contributed by atoms with van der Waals surface area (Å²) in [6, 6.07) is 7.05. The lowest BCUT2D eigenvalue weighted by Crippen LogP contribution is -2.45. The molecule has 1 unspecified atom stereocenters. The van der Waals surface area contributed by atoms with Gasteiger partial charge in [-0.25, -0.2) is 0 Å². The Morgan fingerprint density at radius 3 is 2.59 bits per heavy atom. The predicted octanol–water partition coefficient (Wildman–Crippen LogP) is 2.66. The predicted molar refractivity (Wildman–Crippen MR) is 110 cm³/mol. The standard InChI is InChI=1S/C22H24F3N5O2/c1-28-7-4-19(27-28)20(32)30-12-16(13-31)21(14-30)5-8-29(9-6-21)17-3-2-15(11-26)18(10-17)22(23,24)25/h2-4,7,10,16,31H,5-6,8-9,12-14H2,1H3. The molecule has 4 rings (SSSR count). The molecule has 2 aliphatic heterocycles. The van der Waals surface area contributed by atoms with Gasteiger partial charge in [-0.15, -0.1) is 0 Å². The Kier molecular flexibility index (Phi) is 5.63. The van der Waals surface area contributed by atoms with Gasteiger partial charge in [0.15, 0.2) is 0 Å². The molecule has 0 saturated carbocycles. The van der Waals surface area contributed by atoms with Crippen molar-refractivity contribution >= 4 is 11.6 Å². The van der Waals surface area contributed by atoms with Gasteiger partial charge < -0.3 is 14.9 Å². The number of aliphatic hydroxyl groups excluding tert-OH is 1. The SMILES string of the molecule is Cn1ccc(C(=O)N2CC(CO)C3(CCN(c4ccc(C#N)c(C(F)(F)F)c4)CC3)C2)n1. The lowest BCUT2D eigenvalue weighted by Gasteiger charge is -2.43. The molecule has 1 N–H and O–H groups in total. The Hall–Kier alpha value is -3.06. The molecular formula is C22H24F3N5O2. The summed E-state index contributed by atoms with van der Waals surface area (Å²) in [6.07, 6.45) is -1.61. The van der Waals surface area contributed by atoms with E-state index < -0.39 is 17.3 Å². The fourth-order valence-corrected chi connectivity index (χ4v) is 4.97. The molecule has 2 aromatic rings. The first-order chi connectivity index (χ1) is 15.2. The average Bonchev–Trinajstić information content (AvgIpc) is 3.36. The van der Waals surface area contributed by atoms with Crippen LogP contribution in [0.25, 0.3) is 0 Å². The second kappa shape index (κ2) is 8.13. The van der Waals surface area contributed by atoms with Crippen LogP contribution < -0.4 is 4.90 Å². The number of aliphatic hydroxyl groups is 1. The molecule has 2 aliphatic rings. The molecule has 2 saturated heterocycles. The molecule has 1 atom stereocenters. The average molecular weight is 447 g/mol. The summed E-state index contributed by atoms with van der Waals surface area (Å²) in [7, 11) is 1.74. The summed E-state index contributed by atoms with van der Waals surface area (Å²) < 4.78 is 41.6. The number of piperidine rings is 1. The minimum Gasteiger partial charge on any atom is -0.396 e. The first-order valence-corrected chi connectivity index (χ1v) is 10.4. The zero-order valence-electron chi connectivity index (χ0n) is 17.6. The van der Waals surface area contributed by atoms with Crippen LogP contribution in [0.15, 0.2) is 30.5 Å². The van der Waals surface area contributed by atoms with Crippen LogP contribution in [-0.4, -0.2) is 58.5 Å². The first-order valence-electron chi connectivity index (χ1n) is 10.4. The molecule has 0 bridgehead atoms. The minimum atomic E-state index is -4.60. The summed E-state index contributed by atoms with van der Waals surface area (Å²) in [6.45, 7) is 1.88. The van der Waals surface area contributed by atoms with Crippen LogP contribution in [0.4, 0.5) is 18.9 Å². The highest BCUT2D eigenvalue weighted by atomic mass is 19.4. The molecular weight excluding hydrogens is 423 g/mol. The lowest BCUT2D eigenvalue weighted by atomic mass is 9.71. The number of likely N-dealkylation sites (tertiary alicyclic amines) is 1. The number of alkyl halides is 3. The number of aryl methyl sites for hydroxylation is 1. The summed E-state index contributed by atoms with van der Waals surface area (Å²) >= 11 is 0. The van der Waals surface area contributed by atoms with Crippen molar-refractivity contribution in [2.24, 2.45) is 18.4 Å². The van der Waals surface area contributed by atoms with Crippen molar-refractivity contribution in [3.63, 3.8) is 0 Å². The van der Waals surface area contributed by atoms with Crippen LogP contribution in [0.1, 0.15) is 34.5 Å². The zero-order chi connectivity index (χ0) is 23.1. The molecule has 1 amide bonds. The quantitative estimate of drug-likeness (QED) is 0.782. The topological polar surface area (TPSA) is 85.4 Å². The summed E-state index contributed by atoms with van der Waals surface area (Å²) in [4.78, 5) is 16.4. The number of carbonyl (C=O) groups excluding carboxylic acids is 1. The Balaban J connectivity index is 1.50. The van der Waals surface area contributed by atoms with Gasteiger partial charge in [0.1, 0.15) is 5.69 Å². The van der Waals surface area contributed by atoms with Gasteiger partial charge in [0.05, 0.1) is 17.2 Å². The maximum Gasteiger partial charge on any atom is 0.417 e. The van der Waals surface area contributed by atoms with E-state index in [0.717, 1.165) is 6.07 Å². The number of aromatic nitrogens is 2. The van der Waals surface area contributed by atoms with Crippen molar-refractivity contribution in [3.05, 3.63) is 47.3 Å². The first kappa shape index (κ1) is 22.1. The van der Waals surface area contributed by atoms with Gasteiger partial charge in [0, 0.05) is 57.6 Å². The Bertz CT molecular complexity index is 1050. The molecule has 3 heterocycles. The molecule has 1 aromatic carbocycles. The number of hydrogen-bond acceptors (Lipinski definition) is 5. The number of nitrogens with zero attached hydrogens (tertiary/aromatic N) is 5. The highest BCUT2D eigenvalue weighted by Crippen LogP contribution is 2.46. The van der Waals surface area contributed by atoms with E-state index in [2.05, 4.69) is 5.10 Å². The normalized spacial score (nSPS) is 20.6. The second-order valence-electron chi connectivity index (χ2n) is 8.63. The van der Waals surface area contributed by atoms with E-state index in [1.165, 1.54) is 6.07 Å². The molecule has 0 radical (unpaired) electrons. The fourth-order valence-electron chi connectivity index (χ4n) is 4.97. The van der Waals surface area contributed by atoms with Crippen molar-refractivity contribution in [2.75, 3.05) is 37.7 Å². The van der Waals surface area contributed by atoms with Gasteiger partial charge in [-0.3, -0.25) is 9.48 Å². The van der Waals surface area contributed by atoms with Gasteiger partial charge in [0.25, 0.3) is 5.91 Å². The van der Waals surface area contributed by atoms with E-state index in [9.17, 15) is 23.1 Å². The summed E-state index contributed by atoms with van der Waals surface area (Å²) in [5.74, 6) is -0.269. The molecule has 1 aromatic heterocycles. The van der Waals surface area contributed by atoms with E-state index in [0.29, 0.717) is 50.4 Å². The molecule has 2 fully saturated rings. The molecule has 0 aliphatic carbocycles. The number of benzene rings is 1. The number of amides is 1. The van der Waals surface area contributed by atoms with Crippen LogP contribution in [0, 0.1) is 22.7 Å². The largest absolute Gasteiger partial charge is 0.417 e. The highest BCUT2D eigenvalue weighted by Gasteiger charge is 2.49. The maximum atomic E-state index is 13.3. The number of hydrogen-bond donors (Lipinski definition) is 1. The monoisotopic (exact) mass is 447 g/mol. The third-order valence-corrected chi connectivity index (χ3v) is 6.81. The molecule has 7 nitrogen and oxygen atoms in total. The smallest absolute Gasteiger partial charge is 0.396 e. The van der Waals surface area contributed by atoms with E-state index in [4.69, 9.17) is 5.26 Å². The van der Waals surface area contributed by atoms with E-state index >= 15 is 0 Å². The molecule has 10 heteroatoms. The van der Waals surface area contributed by atoms with Crippen molar-refractivity contribution < 1.29 is 23.1 Å². The van der Waals surface area contributed by atoms with Crippen molar-refractivity contribution in [2.45, 2.75) is 19.0 Å². The van der Waals surface area contributed by atoms with Gasteiger partial charge in [-0.1, -0.05) is 0 Å². The van der Waals surface area contributed by atoms with E-state index in [1.54, 1.807) is 41.0 Å². The van der Waals surface area contributed by atoms with E-state index in [1.807, 2.05) is 4.90 Å². The number of rotatable bonds is 3. The molecule has 1 spiro atoms.